The average Bonchev–Trinajstić information content (AvgIpc) is 2.81. The van der Waals surface area contributed by atoms with E-state index >= 15 is 0 Å². The average molecular weight is 493 g/mol. The second-order valence-corrected chi connectivity index (χ2v) is 8.39. The Bertz CT molecular complexity index is 1160. The number of aromatic nitrogens is 2. The number of rotatable bonds is 5. The molecule has 1 saturated heterocycles. The molecule has 0 spiro atoms. The van der Waals surface area contributed by atoms with E-state index < -0.39 is 17.7 Å². The van der Waals surface area contributed by atoms with E-state index in [1.54, 1.807) is 30.0 Å². The number of nitrogens with zero attached hydrogens (tertiary/aromatic N) is 4. The van der Waals surface area contributed by atoms with Crippen LogP contribution >= 0.6 is 23.2 Å². The molecule has 2 aromatic carbocycles. The second-order valence-electron chi connectivity index (χ2n) is 7.55. The van der Waals surface area contributed by atoms with Crippen molar-refractivity contribution < 1.29 is 18.3 Å². The van der Waals surface area contributed by atoms with Gasteiger partial charge in [0, 0.05) is 42.8 Å². The predicted molar refractivity (Wildman–Crippen MR) is 123 cm³/mol. The van der Waals surface area contributed by atoms with E-state index in [1.165, 1.54) is 6.07 Å². The lowest BCUT2D eigenvalue weighted by atomic mass is 10.1. The normalized spacial score (nSPS) is 14.8. The summed E-state index contributed by atoms with van der Waals surface area (Å²) in [6, 6.07) is 11.9. The summed E-state index contributed by atoms with van der Waals surface area (Å²) in [4.78, 5) is 16.4. The fourth-order valence-corrected chi connectivity index (χ4v) is 4.06. The number of hydrogen-bond donors (Lipinski definition) is 0. The van der Waals surface area contributed by atoms with Crippen molar-refractivity contribution in [1.29, 1.82) is 0 Å². The largest absolute Gasteiger partial charge is 0.478 e. The number of carbonyl (C=O) groups is 1. The third kappa shape index (κ3) is 5.34. The fraction of sp³-hybridized carbons (Fsp3) is 0.261. The smallest absolute Gasteiger partial charge is 0.263 e. The lowest BCUT2D eigenvalue weighted by molar-refractivity contribution is -0.138. The molecule has 4 rings (SSSR count). The summed E-state index contributed by atoms with van der Waals surface area (Å²) in [5.41, 5.74) is 1.37. The zero-order chi connectivity index (χ0) is 23.5. The topological polar surface area (TPSA) is 58.6 Å². The van der Waals surface area contributed by atoms with Gasteiger partial charge in [0.05, 0.1) is 10.7 Å². The SMILES string of the molecule is CC(Oc1ccc(F)cc1F)C(=O)N1CCN(c2ccc(-c3ccc(Cl)cc3Cl)nn2)CC1. The van der Waals surface area contributed by atoms with E-state index in [0.29, 0.717) is 47.7 Å². The Balaban J connectivity index is 1.34. The molecule has 1 fully saturated rings. The summed E-state index contributed by atoms with van der Waals surface area (Å²) in [6.07, 6.45) is -0.903. The van der Waals surface area contributed by atoms with E-state index in [0.717, 1.165) is 17.7 Å². The molecule has 1 amide bonds. The Morgan fingerprint density at radius 2 is 1.76 bits per heavy atom. The minimum absolute atomic E-state index is 0.160. The molecule has 0 aliphatic carbocycles. The van der Waals surface area contributed by atoms with Crippen LogP contribution in [-0.2, 0) is 4.79 Å². The first-order valence-corrected chi connectivity index (χ1v) is 11.0. The Kier molecular flexibility index (Phi) is 6.95. The highest BCUT2D eigenvalue weighted by atomic mass is 35.5. The van der Waals surface area contributed by atoms with Crippen LogP contribution in [0.5, 0.6) is 5.75 Å². The first-order valence-electron chi connectivity index (χ1n) is 10.3. The molecule has 1 aliphatic rings. The van der Waals surface area contributed by atoms with Gasteiger partial charge in [-0.05, 0) is 49.4 Å². The zero-order valence-corrected chi connectivity index (χ0v) is 19.2. The molecule has 0 radical (unpaired) electrons. The Morgan fingerprint density at radius 3 is 2.39 bits per heavy atom. The molecule has 0 bridgehead atoms. The van der Waals surface area contributed by atoms with E-state index in [1.807, 2.05) is 17.0 Å². The summed E-state index contributed by atoms with van der Waals surface area (Å²) in [5, 5.41) is 9.62. The van der Waals surface area contributed by atoms with Crippen molar-refractivity contribution in [3.05, 3.63) is 70.2 Å². The van der Waals surface area contributed by atoms with Crippen LogP contribution in [-0.4, -0.2) is 53.3 Å². The Morgan fingerprint density at radius 1 is 1.00 bits per heavy atom. The maximum absolute atomic E-state index is 13.8. The summed E-state index contributed by atoms with van der Waals surface area (Å²) >= 11 is 12.2. The zero-order valence-electron chi connectivity index (χ0n) is 17.6. The third-order valence-corrected chi connectivity index (χ3v) is 5.87. The molecule has 2 heterocycles. The Hall–Kier alpha value is -2.97. The van der Waals surface area contributed by atoms with Crippen molar-refractivity contribution in [2.75, 3.05) is 31.1 Å². The number of carbonyl (C=O) groups excluding carboxylic acids is 1. The van der Waals surface area contributed by atoms with Crippen LogP contribution < -0.4 is 9.64 Å². The summed E-state index contributed by atoms with van der Waals surface area (Å²) in [6.45, 7) is 3.55. The predicted octanol–water partition coefficient (Wildman–Crippen LogP) is 4.84. The standard InChI is InChI=1S/C23H20Cl2F2N4O2/c1-14(33-21-6-3-16(26)13-19(21)27)23(32)31-10-8-30(9-11-31)22-7-5-20(28-29-22)17-4-2-15(24)12-18(17)25/h2-7,12-14H,8-11H2,1H3. The molecule has 33 heavy (non-hydrogen) atoms. The van der Waals surface area contributed by atoms with Crippen molar-refractivity contribution in [2.45, 2.75) is 13.0 Å². The number of anilines is 1. The van der Waals surface area contributed by atoms with E-state index in [2.05, 4.69) is 10.2 Å². The van der Waals surface area contributed by atoms with Gasteiger partial charge >= 0.3 is 0 Å². The van der Waals surface area contributed by atoms with Gasteiger partial charge in [-0.25, -0.2) is 8.78 Å². The third-order valence-electron chi connectivity index (χ3n) is 5.32. The van der Waals surface area contributed by atoms with Crippen molar-refractivity contribution in [3.63, 3.8) is 0 Å². The molecule has 3 aromatic rings. The van der Waals surface area contributed by atoms with Gasteiger partial charge in [0.1, 0.15) is 5.82 Å². The number of benzene rings is 2. The molecule has 1 unspecified atom stereocenters. The summed E-state index contributed by atoms with van der Waals surface area (Å²) in [5.74, 6) is -1.29. The van der Waals surface area contributed by atoms with E-state index in [9.17, 15) is 13.6 Å². The molecule has 1 atom stereocenters. The van der Waals surface area contributed by atoms with Crippen molar-refractivity contribution in [2.24, 2.45) is 0 Å². The van der Waals surface area contributed by atoms with Gasteiger partial charge in [0.25, 0.3) is 5.91 Å². The molecular weight excluding hydrogens is 473 g/mol. The minimum Gasteiger partial charge on any atom is -0.478 e. The second kappa shape index (κ2) is 9.89. The van der Waals surface area contributed by atoms with Crippen LogP contribution in [0, 0.1) is 11.6 Å². The van der Waals surface area contributed by atoms with Crippen LogP contribution in [0.2, 0.25) is 10.0 Å². The molecule has 0 N–H and O–H groups in total. The minimum atomic E-state index is -0.903. The van der Waals surface area contributed by atoms with Gasteiger partial charge in [-0.3, -0.25) is 4.79 Å². The first-order chi connectivity index (χ1) is 15.8. The highest BCUT2D eigenvalue weighted by Gasteiger charge is 2.27. The van der Waals surface area contributed by atoms with Crippen LogP contribution in [0.25, 0.3) is 11.3 Å². The summed E-state index contributed by atoms with van der Waals surface area (Å²) < 4.78 is 32.3. The van der Waals surface area contributed by atoms with Gasteiger partial charge in [-0.15, -0.1) is 10.2 Å². The van der Waals surface area contributed by atoms with Gasteiger partial charge in [0.15, 0.2) is 23.5 Å². The number of piperazine rings is 1. The van der Waals surface area contributed by atoms with Crippen LogP contribution in [0.1, 0.15) is 6.92 Å². The number of halogens is 4. The van der Waals surface area contributed by atoms with Gasteiger partial charge in [-0.2, -0.15) is 0 Å². The van der Waals surface area contributed by atoms with Crippen molar-refractivity contribution in [1.82, 2.24) is 15.1 Å². The number of amides is 1. The molecular formula is C23H20Cl2F2N4O2. The van der Waals surface area contributed by atoms with Crippen LogP contribution in [0.4, 0.5) is 14.6 Å². The van der Waals surface area contributed by atoms with Crippen LogP contribution in [0.15, 0.2) is 48.5 Å². The van der Waals surface area contributed by atoms with E-state index in [4.69, 9.17) is 27.9 Å². The Labute approximate surface area is 199 Å². The molecule has 6 nitrogen and oxygen atoms in total. The maximum atomic E-state index is 13.8. The van der Waals surface area contributed by atoms with Gasteiger partial charge < -0.3 is 14.5 Å². The lowest BCUT2D eigenvalue weighted by Crippen LogP contribution is -2.52. The van der Waals surface area contributed by atoms with Crippen molar-refractivity contribution in [3.8, 4) is 17.0 Å². The molecule has 1 aromatic heterocycles. The monoisotopic (exact) mass is 492 g/mol. The molecule has 10 heteroatoms. The van der Waals surface area contributed by atoms with Crippen LogP contribution in [0.3, 0.4) is 0 Å². The molecule has 172 valence electrons. The van der Waals surface area contributed by atoms with Crippen molar-refractivity contribution >= 4 is 34.9 Å². The van der Waals surface area contributed by atoms with Gasteiger partial charge in [-0.1, -0.05) is 23.2 Å². The quantitative estimate of drug-likeness (QED) is 0.509. The maximum Gasteiger partial charge on any atom is 0.263 e. The molecule has 0 saturated carbocycles. The number of hydrogen-bond acceptors (Lipinski definition) is 5. The van der Waals surface area contributed by atoms with E-state index in [-0.39, 0.29) is 11.7 Å². The fourth-order valence-electron chi connectivity index (χ4n) is 3.56. The summed E-state index contributed by atoms with van der Waals surface area (Å²) in [7, 11) is 0. The highest BCUT2D eigenvalue weighted by molar-refractivity contribution is 6.36. The van der Waals surface area contributed by atoms with Gasteiger partial charge in [0.2, 0.25) is 0 Å². The number of ether oxygens (including phenoxy) is 1. The highest BCUT2D eigenvalue weighted by Crippen LogP contribution is 2.29. The first kappa shape index (κ1) is 23.2. The molecule has 1 aliphatic heterocycles. The lowest BCUT2D eigenvalue weighted by Gasteiger charge is -2.36.